The molecule has 0 fully saturated rings. The third-order valence-electron chi connectivity index (χ3n) is 16.5. The molecule has 0 heteroatoms. The van der Waals surface area contributed by atoms with Crippen LogP contribution in [0.15, 0.2) is 170 Å². The zero-order valence-corrected chi connectivity index (χ0v) is 61.1. The van der Waals surface area contributed by atoms with E-state index in [4.69, 9.17) is 0 Å². The lowest BCUT2D eigenvalue weighted by molar-refractivity contribution is 0.589. The lowest BCUT2D eigenvalue weighted by Crippen LogP contribution is -2.10. The Kier molecular flexibility index (Phi) is 39.5. The SMILES string of the molecule is CC(C)Cc1ccc(C(C)C)cc1.CC(C)c1ccc(C(C)(C)C)cc1.CC(C)c1ccc(C(C)C)cc1.CCC(C)c1ccc(C(C)C)cc1.CCCCc1ccc(C(C)C)cc1.CCCc1ccc(C(C)C)cc1.CCc1ccc(C(C)C)cc1. The molecule has 0 saturated carbocycles. The minimum atomic E-state index is 0.273. The van der Waals surface area contributed by atoms with Crippen LogP contribution in [0.3, 0.4) is 0 Å². The van der Waals surface area contributed by atoms with Gasteiger partial charge in [0.2, 0.25) is 0 Å². The second-order valence-corrected chi connectivity index (χ2v) is 28.5. The molecule has 0 N–H and O–H groups in total. The third-order valence-corrected chi connectivity index (χ3v) is 16.5. The molecular formula is C87H132. The summed E-state index contributed by atoms with van der Waals surface area (Å²) in [4.78, 5) is 0. The lowest BCUT2D eigenvalue weighted by atomic mass is 9.86. The van der Waals surface area contributed by atoms with Crippen molar-refractivity contribution in [1.29, 1.82) is 0 Å². The van der Waals surface area contributed by atoms with E-state index in [0.717, 1.165) is 12.3 Å². The Morgan fingerprint density at radius 1 is 0.264 bits per heavy atom. The van der Waals surface area contributed by atoms with Gasteiger partial charge in [0.05, 0.1) is 0 Å². The highest BCUT2D eigenvalue weighted by Crippen LogP contribution is 2.26. The molecule has 0 amide bonds. The molecule has 0 nitrogen and oxygen atoms in total. The molecule has 0 spiro atoms. The van der Waals surface area contributed by atoms with Crippen molar-refractivity contribution in [2.45, 2.75) is 290 Å². The Hall–Kier alpha value is -5.46. The van der Waals surface area contributed by atoms with E-state index in [2.05, 4.69) is 350 Å². The van der Waals surface area contributed by atoms with E-state index in [0.29, 0.717) is 53.3 Å². The first kappa shape index (κ1) is 79.6. The first-order chi connectivity index (χ1) is 41.0. The van der Waals surface area contributed by atoms with E-state index in [1.165, 1.54) is 123 Å². The number of hydrogen-bond donors (Lipinski definition) is 0. The van der Waals surface area contributed by atoms with E-state index < -0.39 is 0 Å². The highest BCUT2D eigenvalue weighted by atomic mass is 14.2. The van der Waals surface area contributed by atoms with Crippen LogP contribution in [0.2, 0.25) is 0 Å². The maximum absolute atomic E-state index is 2.28. The molecule has 0 aliphatic heterocycles. The molecule has 1 unspecified atom stereocenters. The minimum Gasteiger partial charge on any atom is -0.0654 e. The highest BCUT2D eigenvalue weighted by molar-refractivity contribution is 5.31. The van der Waals surface area contributed by atoms with Gasteiger partial charge in [-0.05, 0) is 181 Å². The average Bonchev–Trinajstić information content (AvgIpc) is 3.54. The summed E-state index contributed by atoms with van der Waals surface area (Å²) in [6.07, 6.45) is 9.82. The Morgan fingerprint density at radius 2 is 0.506 bits per heavy atom. The molecule has 0 saturated heterocycles. The van der Waals surface area contributed by atoms with Crippen molar-refractivity contribution < 1.29 is 0 Å². The lowest BCUT2D eigenvalue weighted by Gasteiger charge is -2.19. The van der Waals surface area contributed by atoms with Crippen LogP contribution >= 0.6 is 0 Å². The molecule has 0 aromatic heterocycles. The maximum atomic E-state index is 2.28. The number of rotatable bonds is 18. The maximum Gasteiger partial charge on any atom is -0.0132 e. The van der Waals surface area contributed by atoms with Gasteiger partial charge in [-0.2, -0.15) is 0 Å². The Bertz CT molecular complexity index is 2700. The molecule has 1 atom stereocenters. The average molecular weight is 1180 g/mol. The molecule has 0 aliphatic carbocycles. The third kappa shape index (κ3) is 33.6. The fraction of sp³-hybridized carbons (Fsp3) is 0.517. The minimum absolute atomic E-state index is 0.273. The van der Waals surface area contributed by atoms with Crippen molar-refractivity contribution in [3.05, 3.63) is 248 Å². The fourth-order valence-corrected chi connectivity index (χ4v) is 9.54. The summed E-state index contributed by atoms with van der Waals surface area (Å²) < 4.78 is 0. The van der Waals surface area contributed by atoms with Crippen LogP contribution in [-0.2, 0) is 31.1 Å². The summed E-state index contributed by atoms with van der Waals surface area (Å²) in [7, 11) is 0. The standard InChI is InChI=1S/4C13H20.2C12H18.C11H16/c1-10(2)11-6-8-12(9-7-11)13(3,4)5;1-10(2)9-12-5-7-13(8-6-12)11(3)4;1-5-11(4)13-8-6-12(7-9-13)10(2)3;1-4-5-6-12-7-9-13(10-8-12)11(2)3;1-9(2)11-5-7-12(8-6-11)10(3)4;1-4-5-11-6-8-12(9-7-11)10(2)3;1-4-10-5-7-11(8-6-10)9(2)3/h6-10H,1-5H3;5-8,10-11H,9H2,1-4H3;6-11H,5H2,1-4H3;7-11H,4-6H2,1-3H3;5-10H,1-4H3;6-10H,4-5H2,1-3H3;5-9H,4H2,1-3H3. The number of unbranched alkanes of at least 4 members (excludes halogenated alkanes) is 1. The van der Waals surface area contributed by atoms with Crippen LogP contribution < -0.4 is 0 Å². The second-order valence-electron chi connectivity index (χ2n) is 28.5. The zero-order chi connectivity index (χ0) is 65.8. The Balaban J connectivity index is 0.000000508. The van der Waals surface area contributed by atoms with E-state index in [9.17, 15) is 0 Å². The van der Waals surface area contributed by atoms with Gasteiger partial charge in [0.15, 0.2) is 0 Å². The smallest absolute Gasteiger partial charge is 0.0132 e. The van der Waals surface area contributed by atoms with Gasteiger partial charge in [0, 0.05) is 0 Å². The normalized spacial score (nSPS) is 11.4. The van der Waals surface area contributed by atoms with E-state index in [1.807, 2.05) is 0 Å². The summed E-state index contributed by atoms with van der Waals surface area (Å²) in [5, 5.41) is 0. The van der Waals surface area contributed by atoms with Crippen molar-refractivity contribution >= 4 is 0 Å². The van der Waals surface area contributed by atoms with Gasteiger partial charge in [-0.3, -0.25) is 0 Å². The molecule has 0 aliphatic rings. The summed E-state index contributed by atoms with van der Waals surface area (Å²) in [6, 6.07) is 62.9. The summed E-state index contributed by atoms with van der Waals surface area (Å²) >= 11 is 0. The van der Waals surface area contributed by atoms with Crippen LogP contribution in [0.4, 0.5) is 0 Å². The molecule has 0 radical (unpaired) electrons. The van der Waals surface area contributed by atoms with E-state index >= 15 is 0 Å². The van der Waals surface area contributed by atoms with Crippen LogP contribution in [0.25, 0.3) is 0 Å². The molecule has 0 bridgehead atoms. The van der Waals surface area contributed by atoms with Crippen molar-refractivity contribution in [3.8, 4) is 0 Å². The van der Waals surface area contributed by atoms with Crippen molar-refractivity contribution in [1.82, 2.24) is 0 Å². The number of benzene rings is 7. The van der Waals surface area contributed by atoms with Gasteiger partial charge in [0.25, 0.3) is 0 Å². The van der Waals surface area contributed by atoms with Crippen LogP contribution in [-0.4, -0.2) is 0 Å². The topological polar surface area (TPSA) is 0 Å². The Morgan fingerprint density at radius 3 is 0.736 bits per heavy atom. The zero-order valence-electron chi connectivity index (χ0n) is 61.1. The van der Waals surface area contributed by atoms with E-state index in [1.54, 1.807) is 0 Å². The quantitative estimate of drug-likeness (QED) is 0.0803. The predicted octanol–water partition coefficient (Wildman–Crippen LogP) is 27.7. The summed E-state index contributed by atoms with van der Waals surface area (Å²) in [6.45, 7) is 58.1. The fourth-order valence-electron chi connectivity index (χ4n) is 9.54. The van der Waals surface area contributed by atoms with Crippen LogP contribution in [0.5, 0.6) is 0 Å². The summed E-state index contributed by atoms with van der Waals surface area (Å²) in [5.74, 6) is 6.62. The van der Waals surface area contributed by atoms with Crippen LogP contribution in [0.1, 0.15) is 337 Å². The van der Waals surface area contributed by atoms with Gasteiger partial charge in [-0.25, -0.2) is 0 Å². The van der Waals surface area contributed by atoms with Gasteiger partial charge in [-0.15, -0.1) is 0 Å². The second kappa shape index (κ2) is 43.3. The van der Waals surface area contributed by atoms with Crippen LogP contribution in [0, 0.1) is 5.92 Å². The first-order valence-corrected chi connectivity index (χ1v) is 34.6. The summed E-state index contributed by atoms with van der Waals surface area (Å²) in [5.41, 5.74) is 20.4. The highest BCUT2D eigenvalue weighted by Gasteiger charge is 2.13. The number of hydrogen-bond acceptors (Lipinski definition) is 0. The first-order valence-electron chi connectivity index (χ1n) is 34.6. The van der Waals surface area contributed by atoms with Gasteiger partial charge in [-0.1, -0.05) is 363 Å². The van der Waals surface area contributed by atoms with Gasteiger partial charge >= 0.3 is 0 Å². The molecule has 7 rings (SSSR count). The molecule has 480 valence electrons. The van der Waals surface area contributed by atoms with E-state index in [-0.39, 0.29) is 5.41 Å². The predicted molar refractivity (Wildman–Crippen MR) is 396 cm³/mol. The largest absolute Gasteiger partial charge is 0.0654 e. The van der Waals surface area contributed by atoms with Crippen molar-refractivity contribution in [2.75, 3.05) is 0 Å². The monoisotopic (exact) mass is 1180 g/mol. The Labute approximate surface area is 540 Å². The molecule has 7 aromatic carbocycles. The molecule has 87 heavy (non-hydrogen) atoms. The molecule has 0 heterocycles. The van der Waals surface area contributed by atoms with Gasteiger partial charge in [0.1, 0.15) is 0 Å². The van der Waals surface area contributed by atoms with Gasteiger partial charge < -0.3 is 0 Å². The number of aryl methyl sites for hydroxylation is 3. The molecule has 7 aromatic rings. The van der Waals surface area contributed by atoms with Crippen molar-refractivity contribution in [2.24, 2.45) is 5.92 Å². The molecular weight excluding hydrogens is 1040 g/mol. The van der Waals surface area contributed by atoms with Crippen molar-refractivity contribution in [3.63, 3.8) is 0 Å².